The number of aromatic nitrogens is 3. The van der Waals surface area contributed by atoms with Gasteiger partial charge >= 0.3 is 0 Å². The van der Waals surface area contributed by atoms with Crippen LogP contribution in [0.25, 0.3) is 11.0 Å². The molecule has 3 heterocycles. The molecule has 0 amide bonds. The molecule has 3 rings (SSSR count). The summed E-state index contributed by atoms with van der Waals surface area (Å²) in [5, 5.41) is 5.44. The van der Waals surface area contributed by atoms with Crippen LogP contribution in [0, 0.1) is 0 Å². The van der Waals surface area contributed by atoms with Crippen LogP contribution >= 0.6 is 15.9 Å². The summed E-state index contributed by atoms with van der Waals surface area (Å²) in [7, 11) is 1.84. The van der Waals surface area contributed by atoms with E-state index in [9.17, 15) is 4.79 Å². The molecule has 0 atom stereocenters. The molecule has 0 radical (unpaired) electrons. The molecular weight excluding hydrogens is 332 g/mol. The molecule has 2 aromatic heterocycles. The van der Waals surface area contributed by atoms with Gasteiger partial charge in [-0.2, -0.15) is 5.10 Å². The lowest BCUT2D eigenvalue weighted by molar-refractivity contribution is 0.102. The summed E-state index contributed by atoms with van der Waals surface area (Å²) in [6, 6.07) is 3.99. The molecule has 0 unspecified atom stereocenters. The normalized spacial score (nSPS) is 16.2. The monoisotopic (exact) mass is 350 g/mol. The molecule has 0 saturated carbocycles. The molecule has 21 heavy (non-hydrogen) atoms. The maximum Gasteiger partial charge on any atom is 0.194 e. The van der Waals surface area contributed by atoms with Crippen LogP contribution < -0.4 is 4.90 Å². The molecule has 1 aliphatic heterocycles. The maximum atomic E-state index is 11.9. The van der Waals surface area contributed by atoms with E-state index >= 15 is 0 Å². The number of halogens is 1. The second kappa shape index (κ2) is 6.13. The van der Waals surface area contributed by atoms with E-state index in [0.29, 0.717) is 5.69 Å². The van der Waals surface area contributed by atoms with Gasteiger partial charge in [-0.25, -0.2) is 9.67 Å². The van der Waals surface area contributed by atoms with Crippen LogP contribution in [0.5, 0.6) is 0 Å². The summed E-state index contributed by atoms with van der Waals surface area (Å²) in [5.74, 6) is 0.982. The quantitative estimate of drug-likeness (QED) is 0.630. The number of carbonyl (C=O) groups is 1. The van der Waals surface area contributed by atoms with Crippen molar-refractivity contribution in [2.75, 3.05) is 23.3 Å². The molecule has 0 bridgehead atoms. The molecular formula is C15H19BrN4O. The van der Waals surface area contributed by atoms with Crippen molar-refractivity contribution in [3.05, 3.63) is 17.8 Å². The highest BCUT2D eigenvalue weighted by molar-refractivity contribution is 9.09. The Kier molecular flexibility index (Phi) is 4.24. The molecule has 0 aromatic carbocycles. The fourth-order valence-corrected chi connectivity index (χ4v) is 3.13. The van der Waals surface area contributed by atoms with Crippen molar-refractivity contribution < 1.29 is 4.79 Å². The van der Waals surface area contributed by atoms with Crippen LogP contribution in [0.3, 0.4) is 0 Å². The lowest BCUT2D eigenvalue weighted by atomic mass is 10.2. The summed E-state index contributed by atoms with van der Waals surface area (Å²) in [6.45, 7) is 2.12. The molecule has 112 valence electrons. The number of pyridine rings is 1. The highest BCUT2D eigenvalue weighted by atomic mass is 79.9. The summed E-state index contributed by atoms with van der Waals surface area (Å²) < 4.78 is 1.70. The van der Waals surface area contributed by atoms with Gasteiger partial charge in [-0.1, -0.05) is 28.8 Å². The number of Topliss-reactive ketones (excluding diaryl/α,β-unsaturated/α-hetero) is 1. The molecule has 6 heteroatoms. The first kappa shape index (κ1) is 14.5. The topological polar surface area (TPSA) is 51.0 Å². The summed E-state index contributed by atoms with van der Waals surface area (Å²) in [4.78, 5) is 19.0. The smallest absolute Gasteiger partial charge is 0.194 e. The van der Waals surface area contributed by atoms with Gasteiger partial charge in [-0.15, -0.1) is 0 Å². The van der Waals surface area contributed by atoms with E-state index in [4.69, 9.17) is 4.98 Å². The first-order valence-electron chi connectivity index (χ1n) is 7.38. The van der Waals surface area contributed by atoms with Gasteiger partial charge in [0, 0.05) is 20.1 Å². The van der Waals surface area contributed by atoms with E-state index < -0.39 is 0 Å². The fourth-order valence-electron chi connectivity index (χ4n) is 2.87. The van der Waals surface area contributed by atoms with E-state index in [0.717, 1.165) is 29.9 Å². The van der Waals surface area contributed by atoms with Crippen molar-refractivity contribution in [2.24, 2.45) is 7.05 Å². The average Bonchev–Trinajstić information content (AvgIpc) is 2.71. The van der Waals surface area contributed by atoms with Gasteiger partial charge in [0.1, 0.15) is 11.5 Å². The van der Waals surface area contributed by atoms with E-state index in [2.05, 4.69) is 25.9 Å². The lowest BCUT2D eigenvalue weighted by Gasteiger charge is -2.21. The molecule has 0 spiro atoms. The number of fused-ring (bicyclic) bond motifs is 1. The van der Waals surface area contributed by atoms with Crippen molar-refractivity contribution in [3.8, 4) is 0 Å². The van der Waals surface area contributed by atoms with Gasteiger partial charge < -0.3 is 4.90 Å². The van der Waals surface area contributed by atoms with Crippen LogP contribution in [-0.2, 0) is 7.05 Å². The van der Waals surface area contributed by atoms with E-state index in [1.54, 1.807) is 4.68 Å². The minimum Gasteiger partial charge on any atom is -0.357 e. The third kappa shape index (κ3) is 2.81. The predicted molar refractivity (Wildman–Crippen MR) is 87.3 cm³/mol. The standard InChI is InChI=1S/C15H19BrN4O/c1-19-15-11(14(18-19)12(21)10-16)6-7-13(17-15)20-8-4-2-3-5-9-20/h6-7H,2-5,8-10H2,1H3. The minimum atomic E-state index is -0.00933. The number of ketones is 1. The summed E-state index contributed by atoms with van der Waals surface area (Å²) >= 11 is 3.20. The number of carbonyl (C=O) groups excluding carboxylic acids is 1. The largest absolute Gasteiger partial charge is 0.357 e. The molecule has 1 aliphatic rings. The first-order valence-corrected chi connectivity index (χ1v) is 8.50. The highest BCUT2D eigenvalue weighted by Gasteiger charge is 2.18. The van der Waals surface area contributed by atoms with Crippen LogP contribution in [0.4, 0.5) is 5.82 Å². The second-order valence-corrected chi connectivity index (χ2v) is 6.03. The Balaban J connectivity index is 2.00. The minimum absolute atomic E-state index is 0.00933. The zero-order valence-electron chi connectivity index (χ0n) is 12.2. The number of rotatable bonds is 3. The Hall–Kier alpha value is -1.43. The number of anilines is 1. The van der Waals surface area contributed by atoms with Crippen molar-refractivity contribution in [2.45, 2.75) is 25.7 Å². The molecule has 0 N–H and O–H groups in total. The van der Waals surface area contributed by atoms with E-state index in [-0.39, 0.29) is 11.1 Å². The summed E-state index contributed by atoms with van der Waals surface area (Å²) in [6.07, 6.45) is 5.04. The molecule has 2 aromatic rings. The maximum absolute atomic E-state index is 11.9. The molecule has 5 nitrogen and oxygen atoms in total. The van der Waals surface area contributed by atoms with Gasteiger partial charge in [0.15, 0.2) is 11.4 Å². The molecule has 1 fully saturated rings. The zero-order valence-corrected chi connectivity index (χ0v) is 13.8. The second-order valence-electron chi connectivity index (χ2n) is 5.47. The Morgan fingerprint density at radius 3 is 2.62 bits per heavy atom. The van der Waals surface area contributed by atoms with Crippen LogP contribution in [0.1, 0.15) is 36.2 Å². The number of hydrogen-bond donors (Lipinski definition) is 0. The van der Waals surface area contributed by atoms with E-state index in [1.165, 1.54) is 25.7 Å². The van der Waals surface area contributed by atoms with Crippen LogP contribution in [-0.4, -0.2) is 39.0 Å². The average molecular weight is 351 g/mol. The lowest BCUT2D eigenvalue weighted by Crippen LogP contribution is -2.24. The number of aryl methyl sites for hydroxylation is 1. The van der Waals surface area contributed by atoms with Crippen molar-refractivity contribution in [1.82, 2.24) is 14.8 Å². The third-order valence-corrected chi connectivity index (χ3v) is 4.50. The van der Waals surface area contributed by atoms with Gasteiger partial charge in [0.05, 0.1) is 10.7 Å². The predicted octanol–water partition coefficient (Wildman–Crippen LogP) is 2.93. The van der Waals surface area contributed by atoms with Crippen LogP contribution in [0.2, 0.25) is 0 Å². The number of alkyl halides is 1. The Morgan fingerprint density at radius 2 is 1.95 bits per heavy atom. The first-order chi connectivity index (χ1) is 10.2. The third-order valence-electron chi connectivity index (χ3n) is 3.99. The highest BCUT2D eigenvalue weighted by Crippen LogP contribution is 2.23. The molecule has 0 aliphatic carbocycles. The van der Waals surface area contributed by atoms with E-state index in [1.807, 2.05) is 19.2 Å². The van der Waals surface area contributed by atoms with Gasteiger partial charge in [-0.05, 0) is 25.0 Å². The van der Waals surface area contributed by atoms with Crippen molar-refractivity contribution >= 4 is 38.6 Å². The van der Waals surface area contributed by atoms with Crippen molar-refractivity contribution in [1.29, 1.82) is 0 Å². The van der Waals surface area contributed by atoms with Gasteiger partial charge in [-0.3, -0.25) is 4.79 Å². The Labute approximate surface area is 132 Å². The number of hydrogen-bond acceptors (Lipinski definition) is 4. The van der Waals surface area contributed by atoms with Gasteiger partial charge in [0.25, 0.3) is 0 Å². The number of nitrogens with zero attached hydrogens (tertiary/aromatic N) is 4. The van der Waals surface area contributed by atoms with Gasteiger partial charge in [0.2, 0.25) is 0 Å². The van der Waals surface area contributed by atoms with Crippen LogP contribution in [0.15, 0.2) is 12.1 Å². The SMILES string of the molecule is Cn1nc(C(=O)CBr)c2ccc(N3CCCCCC3)nc21. The Bertz CT molecular complexity index is 659. The fraction of sp³-hybridized carbons (Fsp3) is 0.533. The van der Waals surface area contributed by atoms with Crippen molar-refractivity contribution in [3.63, 3.8) is 0 Å². The Morgan fingerprint density at radius 1 is 1.24 bits per heavy atom. The summed E-state index contributed by atoms with van der Waals surface area (Å²) in [5.41, 5.74) is 1.28. The molecule has 1 saturated heterocycles. The zero-order chi connectivity index (χ0) is 14.8.